The molecule has 4 aromatic rings. The molecule has 0 aliphatic heterocycles. The van der Waals surface area contributed by atoms with E-state index in [1.165, 1.54) is 12.8 Å². The lowest BCUT2D eigenvalue weighted by molar-refractivity contribution is -0.122. The van der Waals surface area contributed by atoms with Crippen molar-refractivity contribution < 1.29 is 14.3 Å². The van der Waals surface area contributed by atoms with E-state index < -0.39 is 0 Å². The molecule has 2 amide bonds. The first kappa shape index (κ1) is 22.7. The predicted molar refractivity (Wildman–Crippen MR) is 137 cm³/mol. The Morgan fingerprint density at radius 2 is 1.77 bits per heavy atom. The van der Waals surface area contributed by atoms with Gasteiger partial charge in [-0.25, -0.2) is 4.98 Å². The van der Waals surface area contributed by atoms with Gasteiger partial charge in [-0.1, -0.05) is 43.2 Å². The quantitative estimate of drug-likeness (QED) is 0.399. The van der Waals surface area contributed by atoms with Crippen molar-refractivity contribution in [2.45, 2.75) is 38.3 Å². The summed E-state index contributed by atoms with van der Waals surface area (Å²) in [4.78, 5) is 30.4. The van der Waals surface area contributed by atoms with Gasteiger partial charge in [-0.3, -0.25) is 9.59 Å². The molecule has 1 saturated carbocycles. The van der Waals surface area contributed by atoms with Crippen molar-refractivity contribution in [2.24, 2.45) is 0 Å². The number of imidazole rings is 1. The van der Waals surface area contributed by atoms with Crippen LogP contribution in [0, 0.1) is 0 Å². The summed E-state index contributed by atoms with van der Waals surface area (Å²) in [7, 11) is 1.59. The Hall–Kier alpha value is -4.13. The molecule has 1 aliphatic carbocycles. The van der Waals surface area contributed by atoms with E-state index in [9.17, 15) is 9.59 Å². The number of anilines is 1. The van der Waals surface area contributed by atoms with Crippen LogP contribution in [0.1, 0.15) is 36.0 Å². The number of rotatable bonds is 7. The Bertz CT molecular complexity index is 1350. The molecule has 0 spiro atoms. The van der Waals surface area contributed by atoms with Crippen LogP contribution in [-0.4, -0.2) is 34.5 Å². The third-order valence-electron chi connectivity index (χ3n) is 6.41. The summed E-state index contributed by atoms with van der Waals surface area (Å²) in [5.74, 6) is 1.16. The molecule has 178 valence electrons. The van der Waals surface area contributed by atoms with E-state index in [2.05, 4.69) is 10.6 Å². The van der Waals surface area contributed by atoms with Gasteiger partial charge in [-0.05, 0) is 49.2 Å². The zero-order valence-corrected chi connectivity index (χ0v) is 19.7. The first-order chi connectivity index (χ1) is 17.1. The zero-order valence-electron chi connectivity index (χ0n) is 19.7. The lowest BCUT2D eigenvalue weighted by Crippen LogP contribution is -2.35. The van der Waals surface area contributed by atoms with Gasteiger partial charge in [0, 0.05) is 28.9 Å². The smallest absolute Gasteiger partial charge is 0.255 e. The van der Waals surface area contributed by atoms with E-state index in [-0.39, 0.29) is 24.4 Å². The monoisotopic (exact) mass is 468 g/mol. The van der Waals surface area contributed by atoms with Gasteiger partial charge < -0.3 is 19.9 Å². The molecular formula is C28H28N4O3. The summed E-state index contributed by atoms with van der Waals surface area (Å²) >= 11 is 0. The highest BCUT2D eigenvalue weighted by molar-refractivity contribution is 6.04. The molecule has 1 fully saturated rings. The number of ether oxygens (including phenoxy) is 1. The van der Waals surface area contributed by atoms with Gasteiger partial charge >= 0.3 is 0 Å². The van der Waals surface area contributed by atoms with Crippen LogP contribution in [0.5, 0.6) is 5.75 Å². The van der Waals surface area contributed by atoms with E-state index in [1.54, 1.807) is 25.3 Å². The Kier molecular flexibility index (Phi) is 6.48. The van der Waals surface area contributed by atoms with Gasteiger partial charge in [0.15, 0.2) is 0 Å². The minimum atomic E-state index is -0.214. The zero-order chi connectivity index (χ0) is 24.2. The highest BCUT2D eigenvalue weighted by atomic mass is 16.5. The fraction of sp³-hybridized carbons (Fsp3) is 0.250. The average molecular weight is 469 g/mol. The summed E-state index contributed by atoms with van der Waals surface area (Å²) in [5, 5.41) is 6.06. The maximum absolute atomic E-state index is 12.8. The van der Waals surface area contributed by atoms with E-state index in [0.29, 0.717) is 22.8 Å². The number of hydrogen-bond donors (Lipinski definition) is 2. The fourth-order valence-corrected chi connectivity index (χ4v) is 4.62. The number of nitrogens with one attached hydrogen (secondary N) is 2. The number of fused-ring (bicyclic) bond motifs is 1. The molecule has 0 unspecified atom stereocenters. The van der Waals surface area contributed by atoms with Crippen LogP contribution in [0.3, 0.4) is 0 Å². The van der Waals surface area contributed by atoms with Crippen LogP contribution in [-0.2, 0) is 11.3 Å². The van der Waals surface area contributed by atoms with Gasteiger partial charge in [0.25, 0.3) is 5.91 Å². The Morgan fingerprint density at radius 1 is 1.00 bits per heavy atom. The number of carbonyl (C=O) groups is 2. The van der Waals surface area contributed by atoms with E-state index >= 15 is 0 Å². The second-order valence-corrected chi connectivity index (χ2v) is 8.82. The largest absolute Gasteiger partial charge is 0.497 e. The molecule has 2 N–H and O–H groups in total. The fourth-order valence-electron chi connectivity index (χ4n) is 4.62. The second-order valence-electron chi connectivity index (χ2n) is 8.82. The molecule has 35 heavy (non-hydrogen) atoms. The maximum atomic E-state index is 12.8. The summed E-state index contributed by atoms with van der Waals surface area (Å²) in [5.41, 5.74) is 3.76. The van der Waals surface area contributed by atoms with Gasteiger partial charge in [0.05, 0.1) is 18.1 Å². The molecule has 1 heterocycles. The van der Waals surface area contributed by atoms with Gasteiger partial charge in [0.2, 0.25) is 5.91 Å². The maximum Gasteiger partial charge on any atom is 0.255 e. The van der Waals surface area contributed by atoms with Crippen molar-refractivity contribution in [1.82, 2.24) is 14.9 Å². The van der Waals surface area contributed by atoms with Crippen molar-refractivity contribution in [1.29, 1.82) is 0 Å². The summed E-state index contributed by atoms with van der Waals surface area (Å²) in [6.45, 7) is 0.199. The third kappa shape index (κ3) is 5.04. The minimum Gasteiger partial charge on any atom is -0.497 e. The average Bonchev–Trinajstić information content (AvgIpc) is 3.52. The van der Waals surface area contributed by atoms with E-state index in [0.717, 1.165) is 29.4 Å². The Morgan fingerprint density at radius 3 is 2.54 bits per heavy atom. The van der Waals surface area contributed by atoms with Crippen LogP contribution in [0.15, 0.2) is 72.8 Å². The summed E-state index contributed by atoms with van der Waals surface area (Å²) < 4.78 is 7.17. The molecular weight excluding hydrogens is 440 g/mol. The van der Waals surface area contributed by atoms with Crippen molar-refractivity contribution in [3.8, 4) is 17.1 Å². The predicted octanol–water partition coefficient (Wildman–Crippen LogP) is 5.02. The Labute approximate surface area is 204 Å². The van der Waals surface area contributed by atoms with Crippen molar-refractivity contribution in [3.63, 3.8) is 0 Å². The lowest BCUT2D eigenvalue weighted by Gasteiger charge is -2.14. The summed E-state index contributed by atoms with van der Waals surface area (Å²) in [6.07, 6.45) is 4.43. The Balaban J connectivity index is 1.38. The van der Waals surface area contributed by atoms with Gasteiger partial charge in [0.1, 0.15) is 18.1 Å². The number of aromatic nitrogens is 2. The topological polar surface area (TPSA) is 85.2 Å². The minimum absolute atomic E-state index is 0.00408. The van der Waals surface area contributed by atoms with Crippen LogP contribution in [0.25, 0.3) is 22.4 Å². The van der Waals surface area contributed by atoms with Crippen LogP contribution >= 0.6 is 0 Å². The highest BCUT2D eigenvalue weighted by Crippen LogP contribution is 2.26. The number of hydrogen-bond acceptors (Lipinski definition) is 4. The second kappa shape index (κ2) is 10.0. The molecule has 7 nitrogen and oxygen atoms in total. The number of methoxy groups -OCH3 is 1. The van der Waals surface area contributed by atoms with Crippen molar-refractivity contribution in [3.05, 3.63) is 78.4 Å². The molecule has 1 aromatic heterocycles. The lowest BCUT2D eigenvalue weighted by atomic mass is 10.1. The molecule has 3 aromatic carbocycles. The van der Waals surface area contributed by atoms with Gasteiger partial charge in [-0.15, -0.1) is 0 Å². The first-order valence-corrected chi connectivity index (χ1v) is 11.9. The van der Waals surface area contributed by atoms with E-state index in [4.69, 9.17) is 9.72 Å². The molecule has 0 bridgehead atoms. The molecule has 0 atom stereocenters. The van der Waals surface area contributed by atoms with E-state index in [1.807, 2.05) is 59.2 Å². The molecule has 0 radical (unpaired) electrons. The number of para-hydroxylation sites is 2. The van der Waals surface area contributed by atoms with Crippen molar-refractivity contribution in [2.75, 3.05) is 12.4 Å². The van der Waals surface area contributed by atoms with Crippen LogP contribution in [0.2, 0.25) is 0 Å². The normalized spacial score (nSPS) is 13.6. The number of amides is 2. The molecule has 7 heteroatoms. The molecule has 0 saturated heterocycles. The first-order valence-electron chi connectivity index (χ1n) is 11.9. The van der Waals surface area contributed by atoms with Crippen molar-refractivity contribution >= 4 is 28.5 Å². The number of benzene rings is 3. The van der Waals surface area contributed by atoms with Gasteiger partial charge in [-0.2, -0.15) is 0 Å². The SMILES string of the molecule is COc1cccc(NC(=O)c2ccc(-c3nc4ccccc4n3CC(=O)NC3CCCC3)cc2)c1. The number of nitrogens with zero attached hydrogens (tertiary/aromatic N) is 2. The highest BCUT2D eigenvalue weighted by Gasteiger charge is 2.20. The molecule has 1 aliphatic rings. The van der Waals surface area contributed by atoms with Crippen LogP contribution < -0.4 is 15.4 Å². The van der Waals surface area contributed by atoms with Crippen LogP contribution in [0.4, 0.5) is 5.69 Å². The summed E-state index contributed by atoms with van der Waals surface area (Å²) in [6, 6.07) is 22.6. The standard InChI is InChI=1S/C28H28N4O3/c1-35-23-10-6-9-22(17-23)30-28(34)20-15-13-19(14-16-20)27-31-24-11-4-5-12-25(24)32(27)18-26(33)29-21-7-2-3-8-21/h4-6,9-17,21H,2-3,7-8,18H2,1H3,(H,29,33)(H,30,34). The number of carbonyl (C=O) groups excluding carboxylic acids is 2. The molecule has 5 rings (SSSR count). The third-order valence-corrected chi connectivity index (χ3v) is 6.41.